The highest BCUT2D eigenvalue weighted by atomic mass is 19.1. The van der Waals surface area contributed by atoms with Crippen molar-refractivity contribution in [2.45, 2.75) is 26.5 Å². The first kappa shape index (κ1) is 13.4. The second kappa shape index (κ2) is 6.20. The molecule has 17 heavy (non-hydrogen) atoms. The summed E-state index contributed by atoms with van der Waals surface area (Å²) >= 11 is 0. The first-order valence-electron chi connectivity index (χ1n) is 5.43. The summed E-state index contributed by atoms with van der Waals surface area (Å²) in [6.07, 6.45) is -1.07. The van der Waals surface area contributed by atoms with Gasteiger partial charge in [-0.2, -0.15) is 0 Å². The fraction of sp³-hybridized carbons (Fsp3) is 0.417. The van der Waals surface area contributed by atoms with Crippen molar-refractivity contribution >= 4 is 5.97 Å². The Bertz CT molecular complexity index is 395. The van der Waals surface area contributed by atoms with Crippen LogP contribution in [0.5, 0.6) is 5.75 Å². The van der Waals surface area contributed by atoms with Gasteiger partial charge in [-0.15, -0.1) is 0 Å². The Morgan fingerprint density at radius 1 is 1.59 bits per heavy atom. The zero-order valence-corrected chi connectivity index (χ0v) is 9.87. The molecule has 0 spiro atoms. The number of carbonyl (C=O) groups is 1. The van der Waals surface area contributed by atoms with Crippen molar-refractivity contribution in [3.8, 4) is 5.75 Å². The third-order valence-corrected chi connectivity index (χ3v) is 2.23. The van der Waals surface area contributed by atoms with Crippen LogP contribution >= 0.6 is 0 Å². The summed E-state index contributed by atoms with van der Waals surface area (Å²) in [5.41, 5.74) is 0.791. The van der Waals surface area contributed by atoms with E-state index in [2.05, 4.69) is 5.32 Å². The lowest BCUT2D eigenvalue weighted by Gasteiger charge is -2.12. The van der Waals surface area contributed by atoms with E-state index < -0.39 is 17.9 Å². The van der Waals surface area contributed by atoms with Gasteiger partial charge in [-0.25, -0.2) is 9.18 Å². The first-order chi connectivity index (χ1) is 8.04. The lowest BCUT2D eigenvalue weighted by Crippen LogP contribution is -2.23. The fourth-order valence-corrected chi connectivity index (χ4v) is 1.26. The van der Waals surface area contributed by atoms with Crippen molar-refractivity contribution in [3.63, 3.8) is 0 Å². The number of halogens is 1. The van der Waals surface area contributed by atoms with E-state index in [1.165, 1.54) is 19.1 Å². The van der Waals surface area contributed by atoms with Crippen LogP contribution in [-0.4, -0.2) is 23.7 Å². The van der Waals surface area contributed by atoms with E-state index >= 15 is 0 Å². The highest BCUT2D eigenvalue weighted by Gasteiger charge is 2.15. The van der Waals surface area contributed by atoms with E-state index in [4.69, 9.17) is 9.84 Å². The van der Waals surface area contributed by atoms with Crippen LogP contribution in [0.2, 0.25) is 0 Å². The van der Waals surface area contributed by atoms with E-state index in [1.54, 1.807) is 6.07 Å². The highest BCUT2D eigenvalue weighted by molar-refractivity contribution is 5.72. The number of benzene rings is 1. The minimum atomic E-state index is -1.12. The van der Waals surface area contributed by atoms with Gasteiger partial charge >= 0.3 is 5.97 Å². The summed E-state index contributed by atoms with van der Waals surface area (Å²) in [5.74, 6) is -1.71. The fourth-order valence-electron chi connectivity index (χ4n) is 1.26. The van der Waals surface area contributed by atoms with Gasteiger partial charge in [-0.3, -0.25) is 0 Å². The SMILES string of the molecule is CCNCc1ccc(OC(C)C(=O)O)c(F)c1. The number of nitrogens with one attached hydrogen (secondary N) is 1. The van der Waals surface area contributed by atoms with Crippen LogP contribution in [-0.2, 0) is 11.3 Å². The summed E-state index contributed by atoms with van der Waals surface area (Å²) in [6, 6.07) is 4.49. The Hall–Kier alpha value is -1.62. The molecule has 1 aromatic rings. The predicted octanol–water partition coefficient (Wildman–Crippen LogP) is 1.79. The molecule has 4 nitrogen and oxygen atoms in total. The van der Waals surface area contributed by atoms with E-state index in [0.717, 1.165) is 12.1 Å². The normalized spacial score (nSPS) is 12.2. The Balaban J connectivity index is 2.72. The third-order valence-electron chi connectivity index (χ3n) is 2.23. The molecular weight excluding hydrogens is 225 g/mol. The maximum atomic E-state index is 13.6. The standard InChI is InChI=1S/C12H16FNO3/c1-3-14-7-9-4-5-11(10(13)6-9)17-8(2)12(15)16/h4-6,8,14H,3,7H2,1-2H3,(H,15,16). The van der Waals surface area contributed by atoms with Crippen LogP contribution in [0.4, 0.5) is 4.39 Å². The molecule has 0 amide bonds. The Morgan fingerprint density at radius 3 is 2.82 bits per heavy atom. The molecule has 1 aromatic carbocycles. The summed E-state index contributed by atoms with van der Waals surface area (Å²) < 4.78 is 18.5. The second-order valence-electron chi connectivity index (χ2n) is 3.64. The molecule has 0 bridgehead atoms. The minimum Gasteiger partial charge on any atom is -0.479 e. The van der Waals surface area contributed by atoms with Crippen LogP contribution in [0.1, 0.15) is 19.4 Å². The second-order valence-corrected chi connectivity index (χ2v) is 3.64. The average Bonchev–Trinajstić information content (AvgIpc) is 2.29. The summed E-state index contributed by atoms with van der Waals surface area (Å²) in [7, 11) is 0. The summed E-state index contributed by atoms with van der Waals surface area (Å²) in [5, 5.41) is 11.7. The van der Waals surface area contributed by atoms with Crippen molar-refractivity contribution < 1.29 is 19.0 Å². The lowest BCUT2D eigenvalue weighted by atomic mass is 10.2. The highest BCUT2D eigenvalue weighted by Crippen LogP contribution is 2.19. The molecule has 1 atom stereocenters. The largest absolute Gasteiger partial charge is 0.479 e. The number of ether oxygens (including phenoxy) is 1. The van der Waals surface area contributed by atoms with E-state index in [0.29, 0.717) is 6.54 Å². The van der Waals surface area contributed by atoms with Gasteiger partial charge in [0.2, 0.25) is 0 Å². The van der Waals surface area contributed by atoms with Crippen molar-refractivity contribution in [2.75, 3.05) is 6.54 Å². The molecule has 0 aliphatic rings. The third kappa shape index (κ3) is 4.03. The van der Waals surface area contributed by atoms with Gasteiger partial charge in [-0.1, -0.05) is 13.0 Å². The van der Waals surface area contributed by atoms with E-state index in [9.17, 15) is 9.18 Å². The number of carboxylic acids is 1. The Labute approximate surface area is 99.4 Å². The summed E-state index contributed by atoms with van der Waals surface area (Å²) in [6.45, 7) is 4.69. The molecule has 0 radical (unpaired) electrons. The molecule has 0 saturated heterocycles. The quantitative estimate of drug-likeness (QED) is 0.797. The molecule has 0 fully saturated rings. The zero-order chi connectivity index (χ0) is 12.8. The molecule has 1 unspecified atom stereocenters. The Morgan fingerprint density at radius 2 is 2.29 bits per heavy atom. The number of aliphatic carboxylic acids is 1. The molecule has 94 valence electrons. The molecule has 5 heteroatoms. The number of carboxylic acid groups (broad SMARTS) is 1. The lowest BCUT2D eigenvalue weighted by molar-refractivity contribution is -0.144. The molecule has 0 saturated carbocycles. The molecule has 0 aliphatic carbocycles. The number of rotatable bonds is 6. The van der Waals surface area contributed by atoms with Crippen molar-refractivity contribution in [1.82, 2.24) is 5.32 Å². The number of hydrogen-bond acceptors (Lipinski definition) is 3. The Kier molecular flexibility index (Phi) is 4.90. The minimum absolute atomic E-state index is 0.0415. The maximum absolute atomic E-state index is 13.6. The van der Waals surface area contributed by atoms with Gasteiger partial charge in [0.15, 0.2) is 17.7 Å². The van der Waals surface area contributed by atoms with Gasteiger partial charge in [-0.05, 0) is 31.2 Å². The molecule has 2 N–H and O–H groups in total. The molecular formula is C12H16FNO3. The average molecular weight is 241 g/mol. The van der Waals surface area contributed by atoms with E-state index in [1.807, 2.05) is 6.92 Å². The van der Waals surface area contributed by atoms with Crippen LogP contribution in [0.15, 0.2) is 18.2 Å². The van der Waals surface area contributed by atoms with Gasteiger partial charge in [0.25, 0.3) is 0 Å². The maximum Gasteiger partial charge on any atom is 0.344 e. The van der Waals surface area contributed by atoms with Gasteiger partial charge in [0.1, 0.15) is 0 Å². The van der Waals surface area contributed by atoms with Gasteiger partial charge in [0, 0.05) is 6.54 Å². The molecule has 0 heterocycles. The smallest absolute Gasteiger partial charge is 0.344 e. The van der Waals surface area contributed by atoms with Crippen molar-refractivity contribution in [1.29, 1.82) is 0 Å². The van der Waals surface area contributed by atoms with Gasteiger partial charge in [0.05, 0.1) is 0 Å². The topological polar surface area (TPSA) is 58.6 Å². The van der Waals surface area contributed by atoms with Crippen molar-refractivity contribution in [2.24, 2.45) is 0 Å². The monoisotopic (exact) mass is 241 g/mol. The number of hydrogen-bond donors (Lipinski definition) is 2. The molecule has 0 aromatic heterocycles. The first-order valence-corrected chi connectivity index (χ1v) is 5.43. The van der Waals surface area contributed by atoms with Crippen LogP contribution in [0, 0.1) is 5.82 Å². The zero-order valence-electron chi connectivity index (χ0n) is 9.87. The van der Waals surface area contributed by atoms with E-state index in [-0.39, 0.29) is 5.75 Å². The van der Waals surface area contributed by atoms with Gasteiger partial charge < -0.3 is 15.2 Å². The van der Waals surface area contributed by atoms with Crippen LogP contribution < -0.4 is 10.1 Å². The predicted molar refractivity (Wildman–Crippen MR) is 61.5 cm³/mol. The van der Waals surface area contributed by atoms with Crippen LogP contribution in [0.25, 0.3) is 0 Å². The van der Waals surface area contributed by atoms with Crippen LogP contribution in [0.3, 0.4) is 0 Å². The molecule has 1 rings (SSSR count). The molecule has 0 aliphatic heterocycles. The van der Waals surface area contributed by atoms with Crippen molar-refractivity contribution in [3.05, 3.63) is 29.6 Å². The summed E-state index contributed by atoms with van der Waals surface area (Å²) in [4.78, 5) is 10.6.